The van der Waals surface area contributed by atoms with Crippen molar-refractivity contribution in [2.75, 3.05) is 0 Å². The molecule has 0 amide bonds. The van der Waals surface area contributed by atoms with Crippen LogP contribution in [0.25, 0.3) is 0 Å². The van der Waals surface area contributed by atoms with Gasteiger partial charge in [-0.1, -0.05) is 6.07 Å². The van der Waals surface area contributed by atoms with Crippen molar-refractivity contribution >= 4 is 0 Å². The number of hydrogen-bond donors (Lipinski definition) is 2. The van der Waals surface area contributed by atoms with E-state index in [1.165, 1.54) is 6.07 Å². The molecule has 0 fully saturated rings. The van der Waals surface area contributed by atoms with E-state index in [2.05, 4.69) is 15.3 Å². The van der Waals surface area contributed by atoms with Crippen LogP contribution in [0.3, 0.4) is 0 Å². The number of aryl methyl sites for hydroxylation is 1. The van der Waals surface area contributed by atoms with Gasteiger partial charge in [-0.2, -0.15) is 0 Å². The van der Waals surface area contributed by atoms with Crippen molar-refractivity contribution in [2.45, 2.75) is 20.0 Å². The number of nitrogens with zero attached hydrogens (tertiary/aromatic N) is 1. The van der Waals surface area contributed by atoms with Crippen molar-refractivity contribution in [1.29, 1.82) is 0 Å². The lowest BCUT2D eigenvalue weighted by Gasteiger charge is -2.06. The Bertz CT molecular complexity index is 451. The number of nitrogens with one attached hydrogen (secondary N) is 2. The van der Waals surface area contributed by atoms with E-state index in [-0.39, 0.29) is 5.82 Å². The van der Waals surface area contributed by atoms with Crippen LogP contribution in [0.15, 0.2) is 30.6 Å². The van der Waals surface area contributed by atoms with Crippen molar-refractivity contribution < 1.29 is 4.39 Å². The van der Waals surface area contributed by atoms with Crippen LogP contribution in [0, 0.1) is 12.7 Å². The van der Waals surface area contributed by atoms with Crippen LogP contribution >= 0.6 is 0 Å². The third-order valence-electron chi connectivity index (χ3n) is 2.47. The standard InChI is InChI=1S/C12H14FN3/c1-9-6-11(13)3-2-10(9)7-14-8-12-15-4-5-16-12/h2-6,14H,7-8H2,1H3,(H,15,16). The molecule has 0 aliphatic rings. The molecule has 0 aliphatic heterocycles. The SMILES string of the molecule is Cc1cc(F)ccc1CNCc1ncc[nH]1. The van der Waals surface area contributed by atoms with Gasteiger partial charge in [0.05, 0.1) is 6.54 Å². The average molecular weight is 219 g/mol. The molecule has 1 heterocycles. The first-order chi connectivity index (χ1) is 7.75. The fraction of sp³-hybridized carbons (Fsp3) is 0.250. The summed E-state index contributed by atoms with van der Waals surface area (Å²) in [7, 11) is 0. The third-order valence-corrected chi connectivity index (χ3v) is 2.47. The Labute approximate surface area is 93.7 Å². The summed E-state index contributed by atoms with van der Waals surface area (Å²) in [6, 6.07) is 4.83. The van der Waals surface area contributed by atoms with E-state index >= 15 is 0 Å². The van der Waals surface area contributed by atoms with Gasteiger partial charge in [-0.05, 0) is 30.2 Å². The Kier molecular flexibility index (Phi) is 3.31. The number of imidazole rings is 1. The lowest BCUT2D eigenvalue weighted by molar-refractivity contribution is 0.621. The quantitative estimate of drug-likeness (QED) is 0.827. The molecule has 16 heavy (non-hydrogen) atoms. The van der Waals surface area contributed by atoms with E-state index < -0.39 is 0 Å². The first-order valence-electron chi connectivity index (χ1n) is 5.20. The molecule has 2 aromatic rings. The average Bonchev–Trinajstić information content (AvgIpc) is 2.74. The molecule has 0 bridgehead atoms. The van der Waals surface area contributed by atoms with Gasteiger partial charge in [0.25, 0.3) is 0 Å². The van der Waals surface area contributed by atoms with Gasteiger partial charge in [-0.15, -0.1) is 0 Å². The maximum atomic E-state index is 12.9. The van der Waals surface area contributed by atoms with Gasteiger partial charge in [0.1, 0.15) is 11.6 Å². The molecule has 0 spiro atoms. The maximum absolute atomic E-state index is 12.9. The third kappa shape index (κ3) is 2.67. The number of hydrogen-bond acceptors (Lipinski definition) is 2. The van der Waals surface area contributed by atoms with Crippen molar-refractivity contribution in [3.63, 3.8) is 0 Å². The molecule has 4 heteroatoms. The molecule has 0 aliphatic carbocycles. The number of H-pyrrole nitrogens is 1. The second-order valence-electron chi connectivity index (χ2n) is 3.71. The number of benzene rings is 1. The van der Waals surface area contributed by atoms with Gasteiger partial charge >= 0.3 is 0 Å². The molecule has 2 N–H and O–H groups in total. The first kappa shape index (κ1) is 10.8. The zero-order chi connectivity index (χ0) is 11.4. The van der Waals surface area contributed by atoms with E-state index in [0.717, 1.165) is 17.0 Å². The summed E-state index contributed by atoms with van der Waals surface area (Å²) in [5, 5.41) is 3.25. The van der Waals surface area contributed by atoms with Gasteiger partial charge in [0, 0.05) is 18.9 Å². The monoisotopic (exact) mass is 219 g/mol. The number of aromatic amines is 1. The highest BCUT2D eigenvalue weighted by molar-refractivity contribution is 5.26. The van der Waals surface area contributed by atoms with Crippen LogP contribution in [-0.2, 0) is 13.1 Å². The fourth-order valence-electron chi connectivity index (χ4n) is 1.57. The molecule has 0 saturated carbocycles. The summed E-state index contributed by atoms with van der Waals surface area (Å²) in [6.45, 7) is 3.31. The topological polar surface area (TPSA) is 40.7 Å². The number of aromatic nitrogens is 2. The number of halogens is 1. The summed E-state index contributed by atoms with van der Waals surface area (Å²) in [5.74, 6) is 0.715. The zero-order valence-electron chi connectivity index (χ0n) is 9.13. The molecular formula is C12H14FN3. The molecule has 0 saturated heterocycles. The molecule has 1 aromatic heterocycles. The van der Waals surface area contributed by atoms with Gasteiger partial charge in [-0.25, -0.2) is 9.37 Å². The number of rotatable bonds is 4. The lowest BCUT2D eigenvalue weighted by atomic mass is 10.1. The molecule has 0 unspecified atom stereocenters. The van der Waals surface area contributed by atoms with Crippen LogP contribution in [0.1, 0.15) is 17.0 Å². The van der Waals surface area contributed by atoms with E-state index in [1.807, 2.05) is 6.92 Å². The minimum absolute atomic E-state index is 0.188. The van der Waals surface area contributed by atoms with Crippen molar-refractivity contribution in [2.24, 2.45) is 0 Å². The van der Waals surface area contributed by atoms with E-state index in [9.17, 15) is 4.39 Å². The molecule has 84 valence electrons. The van der Waals surface area contributed by atoms with E-state index in [0.29, 0.717) is 13.1 Å². The minimum atomic E-state index is -0.188. The summed E-state index contributed by atoms with van der Waals surface area (Å²) in [6.07, 6.45) is 3.51. The maximum Gasteiger partial charge on any atom is 0.123 e. The fourth-order valence-corrected chi connectivity index (χ4v) is 1.57. The van der Waals surface area contributed by atoms with Crippen molar-refractivity contribution in [3.8, 4) is 0 Å². The van der Waals surface area contributed by atoms with Crippen molar-refractivity contribution in [3.05, 3.63) is 53.4 Å². The summed E-state index contributed by atoms with van der Waals surface area (Å²) >= 11 is 0. The molecule has 3 nitrogen and oxygen atoms in total. The minimum Gasteiger partial charge on any atom is -0.348 e. The highest BCUT2D eigenvalue weighted by Gasteiger charge is 2.00. The molecule has 2 rings (SSSR count). The second kappa shape index (κ2) is 4.90. The molecule has 0 radical (unpaired) electrons. The van der Waals surface area contributed by atoms with Crippen LogP contribution in [-0.4, -0.2) is 9.97 Å². The van der Waals surface area contributed by atoms with Crippen LogP contribution in [0.4, 0.5) is 4.39 Å². The smallest absolute Gasteiger partial charge is 0.123 e. The van der Waals surface area contributed by atoms with Crippen LogP contribution in [0.2, 0.25) is 0 Å². The predicted octanol–water partition coefficient (Wildman–Crippen LogP) is 2.15. The Hall–Kier alpha value is -1.68. The van der Waals surface area contributed by atoms with E-state index in [1.54, 1.807) is 24.5 Å². The Balaban J connectivity index is 1.90. The van der Waals surface area contributed by atoms with Crippen LogP contribution in [0.5, 0.6) is 0 Å². The predicted molar refractivity (Wildman–Crippen MR) is 60.3 cm³/mol. The Morgan fingerprint density at radius 3 is 2.94 bits per heavy atom. The molecule has 0 atom stereocenters. The highest BCUT2D eigenvalue weighted by atomic mass is 19.1. The normalized spacial score (nSPS) is 10.6. The molecule has 1 aromatic carbocycles. The van der Waals surface area contributed by atoms with E-state index in [4.69, 9.17) is 0 Å². The largest absolute Gasteiger partial charge is 0.348 e. The van der Waals surface area contributed by atoms with Gasteiger partial charge in [0.15, 0.2) is 0 Å². The summed E-state index contributed by atoms with van der Waals surface area (Å²) in [5.41, 5.74) is 2.07. The highest BCUT2D eigenvalue weighted by Crippen LogP contribution is 2.09. The summed E-state index contributed by atoms with van der Waals surface area (Å²) in [4.78, 5) is 7.12. The Morgan fingerprint density at radius 2 is 2.25 bits per heavy atom. The van der Waals surface area contributed by atoms with Gasteiger partial charge in [0.2, 0.25) is 0 Å². The summed E-state index contributed by atoms with van der Waals surface area (Å²) < 4.78 is 12.9. The second-order valence-corrected chi connectivity index (χ2v) is 3.71. The van der Waals surface area contributed by atoms with Crippen molar-refractivity contribution in [1.82, 2.24) is 15.3 Å². The van der Waals surface area contributed by atoms with Crippen LogP contribution < -0.4 is 5.32 Å². The zero-order valence-corrected chi connectivity index (χ0v) is 9.13. The Morgan fingerprint density at radius 1 is 1.38 bits per heavy atom. The first-order valence-corrected chi connectivity index (χ1v) is 5.20. The van der Waals surface area contributed by atoms with Gasteiger partial charge < -0.3 is 10.3 Å². The van der Waals surface area contributed by atoms with Gasteiger partial charge in [-0.3, -0.25) is 0 Å². The molecular weight excluding hydrogens is 205 g/mol. The lowest BCUT2D eigenvalue weighted by Crippen LogP contribution is -2.14.